The molecule has 1 aliphatic rings. The molecule has 0 bridgehead atoms. The third kappa shape index (κ3) is 3.79. The van der Waals surface area contributed by atoms with Gasteiger partial charge in [0.15, 0.2) is 23.0 Å². The highest BCUT2D eigenvalue weighted by atomic mass is 16.5. The van der Waals surface area contributed by atoms with E-state index in [1.165, 1.54) is 5.56 Å². The Hall–Kier alpha value is -3.60. The van der Waals surface area contributed by atoms with Gasteiger partial charge in [0.05, 0.1) is 28.4 Å². The zero-order valence-corrected chi connectivity index (χ0v) is 18.4. The van der Waals surface area contributed by atoms with Gasteiger partial charge in [0.25, 0.3) is 0 Å². The van der Waals surface area contributed by atoms with Crippen molar-refractivity contribution < 1.29 is 23.7 Å². The van der Waals surface area contributed by atoms with E-state index in [0.717, 1.165) is 33.6 Å². The summed E-state index contributed by atoms with van der Waals surface area (Å²) in [6.07, 6.45) is 0. The number of hydrogen-bond acceptors (Lipinski definition) is 5. The van der Waals surface area contributed by atoms with Gasteiger partial charge in [-0.25, -0.2) is 0 Å². The van der Waals surface area contributed by atoms with Gasteiger partial charge in [0.2, 0.25) is 0 Å². The number of rotatable bonds is 6. The molecule has 5 heteroatoms. The molecule has 4 rings (SSSR count). The molecule has 0 saturated heterocycles. The van der Waals surface area contributed by atoms with Crippen molar-refractivity contribution in [3.05, 3.63) is 76.9 Å². The molecule has 0 N–H and O–H groups in total. The van der Waals surface area contributed by atoms with E-state index in [4.69, 9.17) is 23.7 Å². The lowest BCUT2D eigenvalue weighted by Crippen LogP contribution is -2.12. The molecule has 1 heterocycles. The maximum atomic E-state index is 6.17. The highest BCUT2D eigenvalue weighted by Gasteiger charge is 2.26. The third-order valence-electron chi connectivity index (χ3n) is 5.50. The van der Waals surface area contributed by atoms with Gasteiger partial charge in [0.1, 0.15) is 12.4 Å². The molecule has 0 saturated carbocycles. The van der Waals surface area contributed by atoms with Crippen LogP contribution >= 0.6 is 0 Å². The molecule has 0 unspecified atom stereocenters. The molecule has 160 valence electrons. The average Bonchev–Trinajstić information content (AvgIpc) is 2.82. The molecule has 1 aliphatic heterocycles. The summed E-state index contributed by atoms with van der Waals surface area (Å²) >= 11 is 0. The van der Waals surface area contributed by atoms with Gasteiger partial charge in [-0.15, -0.1) is 0 Å². The summed E-state index contributed by atoms with van der Waals surface area (Å²) in [6.45, 7) is 2.52. The minimum absolute atomic E-state index is 0.440. The monoisotopic (exact) mass is 418 g/mol. The van der Waals surface area contributed by atoms with E-state index in [9.17, 15) is 0 Å². The molecule has 0 spiro atoms. The molecule has 0 atom stereocenters. The first-order valence-electron chi connectivity index (χ1n) is 10.0. The average molecular weight is 418 g/mol. The Morgan fingerprint density at radius 3 is 1.87 bits per heavy atom. The molecule has 0 aromatic heterocycles. The van der Waals surface area contributed by atoms with Gasteiger partial charge in [-0.2, -0.15) is 0 Å². The highest BCUT2D eigenvalue weighted by molar-refractivity contribution is 6.02. The number of fused-ring (bicyclic) bond motifs is 1. The lowest BCUT2D eigenvalue weighted by atomic mass is 9.87. The van der Waals surface area contributed by atoms with E-state index < -0.39 is 0 Å². The van der Waals surface area contributed by atoms with Crippen LogP contribution in [0.25, 0.3) is 11.1 Å². The van der Waals surface area contributed by atoms with E-state index in [0.29, 0.717) is 29.6 Å². The van der Waals surface area contributed by atoms with Crippen LogP contribution in [0.2, 0.25) is 0 Å². The molecule has 5 nitrogen and oxygen atoms in total. The van der Waals surface area contributed by atoms with Crippen LogP contribution in [0.5, 0.6) is 28.7 Å². The maximum Gasteiger partial charge on any atom is 0.164 e. The lowest BCUT2D eigenvalue weighted by Gasteiger charge is -2.26. The normalized spacial score (nSPS) is 12.7. The van der Waals surface area contributed by atoms with E-state index in [2.05, 4.69) is 31.2 Å². The molecule has 0 aliphatic carbocycles. The fourth-order valence-corrected chi connectivity index (χ4v) is 3.86. The van der Waals surface area contributed by atoms with E-state index in [1.807, 2.05) is 30.3 Å². The molecule has 0 amide bonds. The van der Waals surface area contributed by atoms with Crippen LogP contribution in [0.4, 0.5) is 0 Å². The van der Waals surface area contributed by atoms with Crippen molar-refractivity contribution in [1.29, 1.82) is 0 Å². The van der Waals surface area contributed by atoms with Crippen molar-refractivity contribution in [1.82, 2.24) is 0 Å². The van der Waals surface area contributed by atoms with E-state index >= 15 is 0 Å². The molecule has 0 radical (unpaired) electrons. The minimum atomic E-state index is 0.440. The summed E-state index contributed by atoms with van der Waals surface area (Å²) < 4.78 is 28.2. The van der Waals surface area contributed by atoms with Crippen LogP contribution in [-0.4, -0.2) is 35.0 Å². The second kappa shape index (κ2) is 8.64. The van der Waals surface area contributed by atoms with Crippen molar-refractivity contribution in [2.75, 3.05) is 35.0 Å². The quantitative estimate of drug-likeness (QED) is 0.538. The number of hydrogen-bond donors (Lipinski definition) is 0. The first kappa shape index (κ1) is 20.7. The summed E-state index contributed by atoms with van der Waals surface area (Å²) in [6, 6.07) is 18.3. The van der Waals surface area contributed by atoms with Crippen molar-refractivity contribution in [2.24, 2.45) is 0 Å². The number of benzene rings is 3. The van der Waals surface area contributed by atoms with E-state index in [1.54, 1.807) is 28.4 Å². The van der Waals surface area contributed by atoms with E-state index in [-0.39, 0.29) is 0 Å². The van der Waals surface area contributed by atoms with Crippen LogP contribution in [-0.2, 0) is 0 Å². The molecule has 31 heavy (non-hydrogen) atoms. The van der Waals surface area contributed by atoms with Gasteiger partial charge in [-0.3, -0.25) is 0 Å². The fourth-order valence-electron chi connectivity index (χ4n) is 3.86. The largest absolute Gasteiger partial charge is 0.493 e. The second-order valence-electron chi connectivity index (χ2n) is 7.28. The predicted octanol–water partition coefficient (Wildman–Crippen LogP) is 5.38. The van der Waals surface area contributed by atoms with Crippen LogP contribution in [0, 0.1) is 6.92 Å². The van der Waals surface area contributed by atoms with Crippen molar-refractivity contribution in [3.63, 3.8) is 0 Å². The third-order valence-corrected chi connectivity index (χ3v) is 5.50. The lowest BCUT2D eigenvalue weighted by molar-refractivity contribution is 0.339. The zero-order chi connectivity index (χ0) is 22.0. The predicted molar refractivity (Wildman–Crippen MR) is 122 cm³/mol. The number of ether oxygens (including phenoxy) is 5. The van der Waals surface area contributed by atoms with Crippen LogP contribution in [0.15, 0.2) is 54.6 Å². The number of methoxy groups -OCH3 is 4. The van der Waals surface area contributed by atoms with Crippen molar-refractivity contribution >= 4 is 11.1 Å². The number of aryl methyl sites for hydroxylation is 1. The Bertz CT molecular complexity index is 1130. The summed E-state index contributed by atoms with van der Waals surface area (Å²) in [4.78, 5) is 0. The Labute approximate surface area is 182 Å². The Balaban J connectivity index is 2.00. The molecule has 3 aromatic carbocycles. The zero-order valence-electron chi connectivity index (χ0n) is 18.4. The van der Waals surface area contributed by atoms with Gasteiger partial charge >= 0.3 is 0 Å². The summed E-state index contributed by atoms with van der Waals surface area (Å²) in [5.74, 6) is 3.38. The molecule has 3 aromatic rings. The maximum absolute atomic E-state index is 6.17. The first-order chi connectivity index (χ1) is 15.1. The first-order valence-corrected chi connectivity index (χ1v) is 10.0. The second-order valence-corrected chi connectivity index (χ2v) is 7.28. The summed E-state index contributed by atoms with van der Waals surface area (Å²) in [7, 11) is 6.53. The summed E-state index contributed by atoms with van der Waals surface area (Å²) in [5.41, 5.74) is 6.41. The smallest absolute Gasteiger partial charge is 0.164 e. The fraction of sp³-hybridized carbons (Fsp3) is 0.231. The standard InChI is InChI=1S/C26H26O5/c1-16-6-8-17(9-7-16)20-15-31-22-14-25(30-5)24(29-4)13-19(22)26(20)18-10-11-21(27-2)23(12-18)28-3/h6-14H,15H2,1-5H3. The Kier molecular flexibility index (Phi) is 5.76. The Morgan fingerprint density at radius 1 is 0.645 bits per heavy atom. The molecule has 0 fully saturated rings. The minimum Gasteiger partial charge on any atom is -0.493 e. The van der Waals surface area contributed by atoms with Crippen LogP contribution in [0.1, 0.15) is 22.3 Å². The van der Waals surface area contributed by atoms with Crippen LogP contribution < -0.4 is 23.7 Å². The van der Waals surface area contributed by atoms with Gasteiger partial charge in [-0.05, 0) is 36.2 Å². The molecular formula is C26H26O5. The summed E-state index contributed by atoms with van der Waals surface area (Å²) in [5, 5.41) is 0. The van der Waals surface area contributed by atoms with Gasteiger partial charge < -0.3 is 23.7 Å². The Morgan fingerprint density at radius 2 is 1.23 bits per heavy atom. The van der Waals surface area contributed by atoms with Gasteiger partial charge in [0, 0.05) is 22.8 Å². The van der Waals surface area contributed by atoms with Crippen molar-refractivity contribution in [2.45, 2.75) is 6.92 Å². The van der Waals surface area contributed by atoms with Crippen LogP contribution in [0.3, 0.4) is 0 Å². The SMILES string of the molecule is COc1ccc(C2=C(c3ccc(C)cc3)COc3cc(OC)c(OC)cc32)cc1OC. The molecular weight excluding hydrogens is 392 g/mol. The van der Waals surface area contributed by atoms with Gasteiger partial charge in [-0.1, -0.05) is 35.9 Å². The topological polar surface area (TPSA) is 46.2 Å². The van der Waals surface area contributed by atoms with Crippen molar-refractivity contribution in [3.8, 4) is 28.7 Å². The highest BCUT2D eigenvalue weighted by Crippen LogP contribution is 2.46.